The van der Waals surface area contributed by atoms with Gasteiger partial charge in [0.1, 0.15) is 0 Å². The van der Waals surface area contributed by atoms with E-state index in [0.717, 1.165) is 11.3 Å². The second-order valence-corrected chi connectivity index (χ2v) is 6.08. The van der Waals surface area contributed by atoms with Crippen LogP contribution in [-0.4, -0.2) is 16.0 Å². The summed E-state index contributed by atoms with van der Waals surface area (Å²) < 4.78 is 1.90. The number of nitrogens with two attached hydrogens (primary N) is 1. The van der Waals surface area contributed by atoms with Crippen LogP contribution in [0.25, 0.3) is 0 Å². The first kappa shape index (κ1) is 15.4. The van der Waals surface area contributed by atoms with Crippen molar-refractivity contribution in [2.24, 2.45) is 5.84 Å². The first-order valence-electron chi connectivity index (χ1n) is 6.41. The van der Waals surface area contributed by atoms with Gasteiger partial charge in [0.15, 0.2) is 0 Å². The maximum Gasteiger partial charge on any atom is 0.0893 e. The molecule has 1 unspecified atom stereocenters. The lowest BCUT2D eigenvalue weighted by Crippen LogP contribution is -2.31. The largest absolute Gasteiger partial charge is 0.271 e. The van der Waals surface area contributed by atoms with E-state index in [1.807, 2.05) is 4.68 Å². The van der Waals surface area contributed by atoms with Crippen molar-refractivity contribution in [3.05, 3.63) is 46.7 Å². The van der Waals surface area contributed by atoms with Crippen LogP contribution in [0, 0.1) is 0 Å². The average molecular weight is 311 g/mol. The van der Waals surface area contributed by atoms with Crippen LogP contribution in [-0.2, 0) is 0 Å². The van der Waals surface area contributed by atoms with E-state index >= 15 is 0 Å². The number of halogens is 1. The van der Waals surface area contributed by atoms with Crippen molar-refractivity contribution in [2.45, 2.75) is 30.8 Å². The number of hydrogen-bond donors (Lipinski definition) is 2. The second kappa shape index (κ2) is 6.63. The summed E-state index contributed by atoms with van der Waals surface area (Å²) in [5.74, 6) is 5.75. The summed E-state index contributed by atoms with van der Waals surface area (Å²) in [6.07, 6.45) is 3.72. The molecule has 0 fully saturated rings. The molecule has 20 heavy (non-hydrogen) atoms. The van der Waals surface area contributed by atoms with E-state index in [-0.39, 0.29) is 12.1 Å². The van der Waals surface area contributed by atoms with Crippen molar-refractivity contribution in [1.29, 1.82) is 0 Å². The zero-order valence-electron chi connectivity index (χ0n) is 11.8. The Labute approximate surface area is 128 Å². The predicted molar refractivity (Wildman–Crippen MR) is 85.0 cm³/mol. The van der Waals surface area contributed by atoms with Gasteiger partial charge < -0.3 is 0 Å². The Bertz CT molecular complexity index is 565. The van der Waals surface area contributed by atoms with Crippen LogP contribution in [0.2, 0.25) is 5.02 Å². The van der Waals surface area contributed by atoms with Crippen LogP contribution < -0.4 is 11.3 Å². The molecule has 1 heterocycles. The lowest BCUT2D eigenvalue weighted by atomic mass is 10.0. The van der Waals surface area contributed by atoms with Crippen molar-refractivity contribution in [2.75, 3.05) is 6.26 Å². The maximum atomic E-state index is 6.29. The zero-order chi connectivity index (χ0) is 14.7. The van der Waals surface area contributed by atoms with E-state index in [0.29, 0.717) is 5.02 Å². The standard InChI is InChI=1S/C14H19ClN4S/c1-9(2)19-14(12(15)8-17-19)13(18-16)10-4-6-11(20-3)7-5-10/h4-9,13,18H,16H2,1-3H3. The molecule has 0 spiro atoms. The summed E-state index contributed by atoms with van der Waals surface area (Å²) in [6, 6.07) is 8.32. The van der Waals surface area contributed by atoms with Gasteiger partial charge in [-0.2, -0.15) is 5.10 Å². The fourth-order valence-corrected chi connectivity index (χ4v) is 2.81. The van der Waals surface area contributed by atoms with Crippen LogP contribution in [0.3, 0.4) is 0 Å². The van der Waals surface area contributed by atoms with Gasteiger partial charge in [0.2, 0.25) is 0 Å². The molecule has 108 valence electrons. The fraction of sp³-hybridized carbons (Fsp3) is 0.357. The number of thioether (sulfide) groups is 1. The SMILES string of the molecule is CSc1ccc(C(NN)c2c(Cl)cnn2C(C)C)cc1. The number of rotatable bonds is 5. The highest BCUT2D eigenvalue weighted by atomic mass is 35.5. The lowest BCUT2D eigenvalue weighted by molar-refractivity contribution is 0.476. The number of aromatic nitrogens is 2. The fourth-order valence-electron chi connectivity index (χ4n) is 2.16. The molecular weight excluding hydrogens is 292 g/mol. The third-order valence-electron chi connectivity index (χ3n) is 3.17. The number of nitrogens with zero attached hydrogens (tertiary/aromatic N) is 2. The molecule has 0 radical (unpaired) electrons. The van der Waals surface area contributed by atoms with Gasteiger partial charge in [0, 0.05) is 10.9 Å². The third-order valence-corrected chi connectivity index (χ3v) is 4.20. The van der Waals surface area contributed by atoms with E-state index in [2.05, 4.69) is 54.9 Å². The van der Waals surface area contributed by atoms with Crippen LogP contribution in [0.4, 0.5) is 0 Å². The number of nitrogens with one attached hydrogen (secondary N) is 1. The molecule has 0 aliphatic carbocycles. The van der Waals surface area contributed by atoms with Crippen LogP contribution >= 0.6 is 23.4 Å². The molecule has 6 heteroatoms. The summed E-state index contributed by atoms with van der Waals surface area (Å²) >= 11 is 8.00. The minimum Gasteiger partial charge on any atom is -0.271 e. The van der Waals surface area contributed by atoms with Gasteiger partial charge in [-0.15, -0.1) is 11.8 Å². The Morgan fingerprint density at radius 1 is 1.30 bits per heavy atom. The minimum absolute atomic E-state index is 0.177. The van der Waals surface area contributed by atoms with E-state index in [4.69, 9.17) is 17.4 Å². The van der Waals surface area contributed by atoms with Crippen molar-refractivity contribution in [3.8, 4) is 0 Å². The maximum absolute atomic E-state index is 6.29. The predicted octanol–water partition coefficient (Wildman–Crippen LogP) is 3.39. The van der Waals surface area contributed by atoms with Gasteiger partial charge in [0.25, 0.3) is 0 Å². The molecule has 4 nitrogen and oxygen atoms in total. The van der Waals surface area contributed by atoms with Gasteiger partial charge in [-0.3, -0.25) is 10.5 Å². The summed E-state index contributed by atoms with van der Waals surface area (Å²) in [7, 11) is 0. The van der Waals surface area contributed by atoms with Gasteiger partial charge in [0.05, 0.1) is 23.0 Å². The first-order valence-corrected chi connectivity index (χ1v) is 8.01. The molecule has 0 aliphatic heterocycles. The smallest absolute Gasteiger partial charge is 0.0893 e. The summed E-state index contributed by atoms with van der Waals surface area (Å²) in [5, 5.41) is 4.95. The molecule has 2 rings (SSSR count). The monoisotopic (exact) mass is 310 g/mol. The summed E-state index contributed by atoms with van der Waals surface area (Å²) in [5.41, 5.74) is 4.80. The molecule has 1 aromatic carbocycles. The first-order chi connectivity index (χ1) is 9.58. The molecule has 0 bridgehead atoms. The third kappa shape index (κ3) is 3.01. The van der Waals surface area contributed by atoms with Crippen LogP contribution in [0.5, 0.6) is 0 Å². The highest BCUT2D eigenvalue weighted by Crippen LogP contribution is 2.30. The van der Waals surface area contributed by atoms with Crippen molar-refractivity contribution in [3.63, 3.8) is 0 Å². The Kier molecular flexibility index (Phi) is 5.10. The normalized spacial score (nSPS) is 12.9. The van der Waals surface area contributed by atoms with Gasteiger partial charge in [-0.05, 0) is 37.8 Å². The summed E-state index contributed by atoms with van der Waals surface area (Å²) in [6.45, 7) is 4.13. The molecule has 2 aromatic rings. The summed E-state index contributed by atoms with van der Waals surface area (Å²) in [4.78, 5) is 1.22. The minimum atomic E-state index is -0.177. The molecule has 0 saturated heterocycles. The van der Waals surface area contributed by atoms with E-state index in [1.165, 1.54) is 4.90 Å². The highest BCUT2D eigenvalue weighted by molar-refractivity contribution is 7.98. The Morgan fingerprint density at radius 2 is 1.95 bits per heavy atom. The van der Waals surface area contributed by atoms with Crippen molar-refractivity contribution >= 4 is 23.4 Å². The molecular formula is C14H19ClN4S. The van der Waals surface area contributed by atoms with Crippen LogP contribution in [0.1, 0.15) is 37.2 Å². The number of hydrazine groups is 1. The number of benzene rings is 1. The van der Waals surface area contributed by atoms with Crippen molar-refractivity contribution in [1.82, 2.24) is 15.2 Å². The Balaban J connectivity index is 2.43. The molecule has 0 saturated carbocycles. The second-order valence-electron chi connectivity index (χ2n) is 4.79. The zero-order valence-corrected chi connectivity index (χ0v) is 13.4. The lowest BCUT2D eigenvalue weighted by Gasteiger charge is -2.20. The molecule has 0 aliphatic rings. The van der Waals surface area contributed by atoms with Crippen molar-refractivity contribution < 1.29 is 0 Å². The quantitative estimate of drug-likeness (QED) is 0.505. The molecule has 0 amide bonds. The molecule has 1 aromatic heterocycles. The Morgan fingerprint density at radius 3 is 2.45 bits per heavy atom. The van der Waals surface area contributed by atoms with Crippen LogP contribution in [0.15, 0.2) is 35.4 Å². The number of hydrogen-bond acceptors (Lipinski definition) is 4. The molecule has 3 N–H and O–H groups in total. The van der Waals surface area contributed by atoms with Gasteiger partial charge in [-0.1, -0.05) is 23.7 Å². The van der Waals surface area contributed by atoms with Gasteiger partial charge in [-0.25, -0.2) is 5.43 Å². The average Bonchev–Trinajstić information content (AvgIpc) is 2.83. The van der Waals surface area contributed by atoms with E-state index in [9.17, 15) is 0 Å². The molecule has 1 atom stereocenters. The van der Waals surface area contributed by atoms with E-state index in [1.54, 1.807) is 18.0 Å². The Hall–Kier alpha value is -1.01. The van der Waals surface area contributed by atoms with E-state index < -0.39 is 0 Å². The highest BCUT2D eigenvalue weighted by Gasteiger charge is 2.22. The topological polar surface area (TPSA) is 55.9 Å². The van der Waals surface area contributed by atoms with Gasteiger partial charge >= 0.3 is 0 Å².